The lowest BCUT2D eigenvalue weighted by atomic mass is 9.91. The lowest BCUT2D eigenvalue weighted by Gasteiger charge is -2.25. The summed E-state index contributed by atoms with van der Waals surface area (Å²) in [4.78, 5) is 13.3. The number of hydrogen-bond donors (Lipinski definition) is 0. The average molecular weight is 540 g/mol. The number of aryl methyl sites for hydroxylation is 1. The van der Waals surface area contributed by atoms with E-state index in [1.807, 2.05) is 73.7 Å². The molecular formula is C38H25N3O. The predicted molar refractivity (Wildman–Crippen MR) is 171 cm³/mol. The lowest BCUT2D eigenvalue weighted by molar-refractivity contribution is 0.112. The smallest absolute Gasteiger partial charge is 0.150 e. The number of aldehydes is 1. The Balaban J connectivity index is 1.35. The number of para-hydroxylation sites is 1. The van der Waals surface area contributed by atoms with Gasteiger partial charge in [-0.3, -0.25) is 4.79 Å². The van der Waals surface area contributed by atoms with E-state index in [0.717, 1.165) is 61.6 Å². The van der Waals surface area contributed by atoms with E-state index >= 15 is 0 Å². The Kier molecular flexibility index (Phi) is 7.04. The summed E-state index contributed by atoms with van der Waals surface area (Å²) in [6.45, 7) is 2.03. The molecule has 0 saturated carbocycles. The summed E-state index contributed by atoms with van der Waals surface area (Å²) in [5.74, 6) is 0. The monoisotopic (exact) mass is 539 g/mol. The second kappa shape index (κ2) is 11.3. The molecule has 198 valence electrons. The van der Waals surface area contributed by atoms with Gasteiger partial charge in [0.1, 0.15) is 18.4 Å². The van der Waals surface area contributed by atoms with Gasteiger partial charge < -0.3 is 4.90 Å². The van der Waals surface area contributed by atoms with Crippen molar-refractivity contribution in [3.8, 4) is 12.1 Å². The fourth-order valence-corrected chi connectivity index (χ4v) is 5.36. The van der Waals surface area contributed by atoms with Crippen molar-refractivity contribution in [3.63, 3.8) is 0 Å². The molecule has 0 atom stereocenters. The Bertz CT molecular complexity index is 2060. The molecule has 0 N–H and O–H groups in total. The van der Waals surface area contributed by atoms with E-state index in [2.05, 4.69) is 77.7 Å². The molecule has 0 radical (unpaired) electrons. The van der Waals surface area contributed by atoms with Crippen LogP contribution < -0.4 is 4.90 Å². The van der Waals surface area contributed by atoms with E-state index in [1.54, 1.807) is 0 Å². The second-order valence-corrected chi connectivity index (χ2v) is 10.1. The van der Waals surface area contributed by atoms with Gasteiger partial charge in [0, 0.05) is 33.4 Å². The molecule has 0 fully saturated rings. The van der Waals surface area contributed by atoms with Crippen LogP contribution in [0.2, 0.25) is 0 Å². The van der Waals surface area contributed by atoms with Gasteiger partial charge in [0.25, 0.3) is 0 Å². The zero-order valence-corrected chi connectivity index (χ0v) is 23.0. The molecule has 0 amide bonds. The van der Waals surface area contributed by atoms with Gasteiger partial charge in [-0.2, -0.15) is 10.5 Å². The molecule has 42 heavy (non-hydrogen) atoms. The highest BCUT2D eigenvalue weighted by Crippen LogP contribution is 2.36. The molecular weight excluding hydrogens is 514 g/mol. The van der Waals surface area contributed by atoms with Crippen LogP contribution in [0.1, 0.15) is 38.2 Å². The zero-order chi connectivity index (χ0) is 29.1. The van der Waals surface area contributed by atoms with Gasteiger partial charge in [-0.1, -0.05) is 78.4 Å². The standard InChI is InChI=1S/C38H25N3O/c1-26-7-19-33-35(21-26)36-22-28(14-20-34(36)38(24-40)37(33)23-39)9-8-27-10-15-31(16-11-27)41(30-5-3-2-4-6-30)32-17-12-29(25-42)13-18-32/h2-22,25H,1H3. The van der Waals surface area contributed by atoms with Gasteiger partial charge in [-0.25, -0.2) is 0 Å². The van der Waals surface area contributed by atoms with Gasteiger partial charge in [0.15, 0.2) is 0 Å². The van der Waals surface area contributed by atoms with Crippen LogP contribution in [-0.4, -0.2) is 6.29 Å². The normalized spacial score (nSPS) is 10.9. The third-order valence-corrected chi connectivity index (χ3v) is 7.44. The topological polar surface area (TPSA) is 67.9 Å². The highest BCUT2D eigenvalue weighted by Gasteiger charge is 2.15. The molecule has 0 aliphatic heterocycles. The van der Waals surface area contributed by atoms with Crippen molar-refractivity contribution in [2.75, 3.05) is 4.90 Å². The number of carbonyl (C=O) groups excluding carboxylic acids is 1. The third kappa shape index (κ3) is 4.90. The first-order valence-electron chi connectivity index (χ1n) is 13.6. The summed E-state index contributed by atoms with van der Waals surface area (Å²) >= 11 is 0. The number of carbonyl (C=O) groups is 1. The van der Waals surface area contributed by atoms with Crippen molar-refractivity contribution in [1.82, 2.24) is 0 Å². The Morgan fingerprint density at radius 2 is 1.05 bits per heavy atom. The Morgan fingerprint density at radius 3 is 1.64 bits per heavy atom. The summed E-state index contributed by atoms with van der Waals surface area (Å²) in [6, 6.07) is 42.5. The van der Waals surface area contributed by atoms with E-state index in [-0.39, 0.29) is 0 Å². The van der Waals surface area contributed by atoms with Gasteiger partial charge >= 0.3 is 0 Å². The first-order chi connectivity index (χ1) is 20.6. The van der Waals surface area contributed by atoms with Crippen molar-refractivity contribution in [3.05, 3.63) is 149 Å². The lowest BCUT2D eigenvalue weighted by Crippen LogP contribution is -2.09. The van der Waals surface area contributed by atoms with Crippen molar-refractivity contribution >= 4 is 57.0 Å². The van der Waals surface area contributed by atoms with E-state index < -0.39 is 0 Å². The van der Waals surface area contributed by atoms with Gasteiger partial charge in [-0.15, -0.1) is 0 Å². The number of nitriles is 2. The van der Waals surface area contributed by atoms with E-state index in [9.17, 15) is 15.3 Å². The summed E-state index contributed by atoms with van der Waals surface area (Å²) in [6.07, 6.45) is 4.98. The Hall–Kier alpha value is -5.97. The minimum absolute atomic E-state index is 0.416. The molecule has 6 rings (SSSR count). The molecule has 6 aromatic carbocycles. The molecule has 0 spiro atoms. The number of benzene rings is 6. The number of nitrogens with zero attached hydrogens (tertiary/aromatic N) is 3. The minimum Gasteiger partial charge on any atom is -0.311 e. The Morgan fingerprint density at radius 1 is 0.548 bits per heavy atom. The average Bonchev–Trinajstić information content (AvgIpc) is 3.04. The van der Waals surface area contributed by atoms with Crippen molar-refractivity contribution in [2.24, 2.45) is 0 Å². The van der Waals surface area contributed by atoms with E-state index in [4.69, 9.17) is 0 Å². The number of anilines is 3. The highest BCUT2D eigenvalue weighted by molar-refractivity contribution is 6.13. The maximum Gasteiger partial charge on any atom is 0.150 e. The van der Waals surface area contributed by atoms with E-state index in [1.165, 1.54) is 0 Å². The van der Waals surface area contributed by atoms with Crippen LogP contribution in [0, 0.1) is 29.6 Å². The van der Waals surface area contributed by atoms with Crippen LogP contribution in [0.4, 0.5) is 17.1 Å². The second-order valence-electron chi connectivity index (χ2n) is 10.1. The van der Waals surface area contributed by atoms with Crippen LogP contribution in [0.25, 0.3) is 33.7 Å². The Labute approximate surface area is 244 Å². The number of fused-ring (bicyclic) bond motifs is 3. The molecule has 6 aromatic rings. The van der Waals surface area contributed by atoms with Crippen LogP contribution in [-0.2, 0) is 0 Å². The van der Waals surface area contributed by atoms with Crippen molar-refractivity contribution < 1.29 is 4.79 Å². The van der Waals surface area contributed by atoms with Gasteiger partial charge in [0.05, 0.1) is 11.1 Å². The molecule has 0 bridgehead atoms. The first kappa shape index (κ1) is 26.3. The first-order valence-corrected chi connectivity index (χ1v) is 13.6. The van der Waals surface area contributed by atoms with Gasteiger partial charge in [0.2, 0.25) is 0 Å². The predicted octanol–water partition coefficient (Wildman–Crippen LogP) is 9.50. The van der Waals surface area contributed by atoms with E-state index in [0.29, 0.717) is 16.7 Å². The molecule has 0 aromatic heterocycles. The van der Waals surface area contributed by atoms with Crippen LogP contribution in [0.3, 0.4) is 0 Å². The van der Waals surface area contributed by atoms with Crippen LogP contribution in [0.5, 0.6) is 0 Å². The highest BCUT2D eigenvalue weighted by atomic mass is 16.1. The molecule has 0 aliphatic carbocycles. The fraction of sp³-hybridized carbons (Fsp3) is 0.0263. The molecule has 0 heterocycles. The fourth-order valence-electron chi connectivity index (χ4n) is 5.36. The zero-order valence-electron chi connectivity index (χ0n) is 23.0. The maximum atomic E-state index is 11.2. The van der Waals surface area contributed by atoms with Crippen LogP contribution >= 0.6 is 0 Å². The SMILES string of the molecule is Cc1ccc2c(C#N)c(C#N)c3ccc(C=Cc4ccc(N(c5ccccc5)c5ccc(C=O)cc5)cc4)cc3c2c1. The minimum atomic E-state index is 0.416. The summed E-state index contributed by atoms with van der Waals surface area (Å²) in [7, 11) is 0. The largest absolute Gasteiger partial charge is 0.311 e. The summed E-state index contributed by atoms with van der Waals surface area (Å²) < 4.78 is 0. The molecule has 4 nitrogen and oxygen atoms in total. The number of rotatable bonds is 6. The van der Waals surface area contributed by atoms with Crippen molar-refractivity contribution in [1.29, 1.82) is 10.5 Å². The molecule has 4 heteroatoms. The van der Waals surface area contributed by atoms with Gasteiger partial charge in [-0.05, 0) is 83.4 Å². The van der Waals surface area contributed by atoms with Crippen molar-refractivity contribution in [2.45, 2.75) is 6.92 Å². The third-order valence-electron chi connectivity index (χ3n) is 7.44. The maximum absolute atomic E-state index is 11.2. The summed E-state index contributed by atoms with van der Waals surface area (Å²) in [5, 5.41) is 23.2. The molecule has 0 aliphatic rings. The van der Waals surface area contributed by atoms with Crippen LogP contribution in [0.15, 0.2) is 115 Å². The number of hydrogen-bond acceptors (Lipinski definition) is 4. The quantitative estimate of drug-likeness (QED) is 0.120. The molecule has 0 unspecified atom stereocenters. The molecule has 0 saturated heterocycles. The summed E-state index contributed by atoms with van der Waals surface area (Å²) in [5.41, 5.74) is 7.61.